The number of piperazine rings is 1. The molecule has 1 saturated heterocycles. The number of nitrogens with one attached hydrogen (secondary N) is 1. The molecule has 1 aliphatic heterocycles. The summed E-state index contributed by atoms with van der Waals surface area (Å²) in [6.45, 7) is 7.72. The molecule has 0 spiro atoms. The predicted molar refractivity (Wildman–Crippen MR) is 125 cm³/mol. The highest BCUT2D eigenvalue weighted by atomic mass is 35.5. The van der Waals surface area contributed by atoms with Gasteiger partial charge < -0.3 is 15.3 Å². The molecule has 1 amide bonds. The van der Waals surface area contributed by atoms with Gasteiger partial charge in [0.05, 0.1) is 36.3 Å². The van der Waals surface area contributed by atoms with Crippen LogP contribution in [0.4, 0.5) is 0 Å². The second-order valence-electron chi connectivity index (χ2n) is 7.51. The van der Waals surface area contributed by atoms with Crippen molar-refractivity contribution in [3.63, 3.8) is 0 Å². The van der Waals surface area contributed by atoms with Gasteiger partial charge in [-0.2, -0.15) is 4.31 Å². The Balaban J connectivity index is 2.10. The standard InChI is InChI=1S/C21H25ClN6O4S/c1-5-13(2)27-10-19(28(33(4,31)32)9-15(27)11-29)14-6-17(26-20(22)7-14)16-8-18(21(30)23-3)25-12-24-16/h5-8,12,15,19,29H,1-2,9-11H2,3-4H3,(H,23,30)/t15-,19+/m1/s1. The first-order valence-electron chi connectivity index (χ1n) is 9.96. The maximum Gasteiger partial charge on any atom is 0.269 e. The fourth-order valence-electron chi connectivity index (χ4n) is 3.71. The Hall–Kier alpha value is -2.86. The van der Waals surface area contributed by atoms with Crippen LogP contribution in [0.3, 0.4) is 0 Å². The molecule has 33 heavy (non-hydrogen) atoms. The molecule has 3 rings (SSSR count). The number of sulfonamides is 1. The van der Waals surface area contributed by atoms with E-state index in [0.717, 1.165) is 6.26 Å². The van der Waals surface area contributed by atoms with Crippen LogP contribution < -0.4 is 5.32 Å². The summed E-state index contributed by atoms with van der Waals surface area (Å²) in [5.41, 5.74) is 2.01. The Morgan fingerprint density at radius 3 is 2.64 bits per heavy atom. The van der Waals surface area contributed by atoms with E-state index in [4.69, 9.17) is 11.6 Å². The van der Waals surface area contributed by atoms with E-state index in [0.29, 0.717) is 22.6 Å². The Bertz CT molecular complexity index is 1190. The molecule has 0 aliphatic carbocycles. The Morgan fingerprint density at radius 1 is 1.30 bits per heavy atom. The van der Waals surface area contributed by atoms with E-state index >= 15 is 0 Å². The van der Waals surface area contributed by atoms with Crippen LogP contribution in [0.5, 0.6) is 0 Å². The highest BCUT2D eigenvalue weighted by Gasteiger charge is 2.39. The molecule has 0 aromatic carbocycles. The van der Waals surface area contributed by atoms with E-state index < -0.39 is 22.1 Å². The molecular weight excluding hydrogens is 468 g/mol. The molecule has 0 saturated carbocycles. The lowest BCUT2D eigenvalue weighted by Crippen LogP contribution is -2.56. The third kappa shape index (κ3) is 5.38. The van der Waals surface area contributed by atoms with Crippen LogP contribution in [-0.4, -0.2) is 82.6 Å². The fourth-order valence-corrected chi connectivity index (χ4v) is 5.02. The van der Waals surface area contributed by atoms with Crippen LogP contribution in [0, 0.1) is 0 Å². The number of nitrogens with zero attached hydrogens (tertiary/aromatic N) is 5. The number of aromatic nitrogens is 3. The van der Waals surface area contributed by atoms with Gasteiger partial charge in [-0.25, -0.2) is 23.4 Å². The van der Waals surface area contributed by atoms with Gasteiger partial charge in [0.1, 0.15) is 17.2 Å². The largest absolute Gasteiger partial charge is 0.394 e. The molecule has 0 bridgehead atoms. The molecule has 0 unspecified atom stereocenters. The van der Waals surface area contributed by atoms with E-state index in [2.05, 4.69) is 33.4 Å². The topological polar surface area (TPSA) is 129 Å². The van der Waals surface area contributed by atoms with Crippen LogP contribution >= 0.6 is 11.6 Å². The lowest BCUT2D eigenvalue weighted by molar-refractivity contribution is 0.0694. The number of carbonyl (C=O) groups excluding carboxylic acids is 1. The lowest BCUT2D eigenvalue weighted by atomic mass is 10.0. The number of aliphatic hydroxyl groups is 1. The molecule has 2 aromatic rings. The summed E-state index contributed by atoms with van der Waals surface area (Å²) in [6, 6.07) is 3.63. The van der Waals surface area contributed by atoms with Gasteiger partial charge in [-0.15, -0.1) is 0 Å². The minimum atomic E-state index is -3.64. The number of halogens is 1. The molecule has 3 heterocycles. The summed E-state index contributed by atoms with van der Waals surface area (Å²) in [6.07, 6.45) is 3.92. The molecule has 2 atom stereocenters. The van der Waals surface area contributed by atoms with Crippen LogP contribution in [-0.2, 0) is 10.0 Å². The van der Waals surface area contributed by atoms with Gasteiger partial charge >= 0.3 is 0 Å². The van der Waals surface area contributed by atoms with Crippen molar-refractivity contribution >= 4 is 27.5 Å². The Kier molecular flexibility index (Phi) is 7.48. The van der Waals surface area contributed by atoms with Crippen LogP contribution in [0.2, 0.25) is 5.15 Å². The Labute approximate surface area is 197 Å². The van der Waals surface area contributed by atoms with Crippen molar-refractivity contribution in [2.24, 2.45) is 0 Å². The maximum absolute atomic E-state index is 12.6. The van der Waals surface area contributed by atoms with Crippen molar-refractivity contribution in [1.29, 1.82) is 0 Å². The quantitative estimate of drug-likeness (QED) is 0.436. The first-order valence-corrected chi connectivity index (χ1v) is 12.2. The van der Waals surface area contributed by atoms with Crippen molar-refractivity contribution in [2.75, 3.05) is 33.0 Å². The van der Waals surface area contributed by atoms with E-state index in [-0.39, 0.29) is 36.5 Å². The number of rotatable bonds is 7. The second-order valence-corrected chi connectivity index (χ2v) is 9.83. The third-order valence-corrected chi connectivity index (χ3v) is 6.83. The smallest absolute Gasteiger partial charge is 0.269 e. The predicted octanol–water partition coefficient (Wildman–Crippen LogP) is 1.23. The van der Waals surface area contributed by atoms with Gasteiger partial charge in [-0.1, -0.05) is 24.8 Å². The number of carbonyl (C=O) groups is 1. The van der Waals surface area contributed by atoms with Crippen molar-refractivity contribution in [2.45, 2.75) is 12.1 Å². The molecule has 0 radical (unpaired) electrons. The summed E-state index contributed by atoms with van der Waals surface area (Å²) in [7, 11) is -2.14. The highest BCUT2D eigenvalue weighted by molar-refractivity contribution is 7.88. The monoisotopic (exact) mass is 492 g/mol. The van der Waals surface area contributed by atoms with Gasteiger partial charge in [-0.3, -0.25) is 4.79 Å². The van der Waals surface area contributed by atoms with E-state index in [1.54, 1.807) is 18.2 Å². The number of pyridine rings is 1. The SMILES string of the molecule is C=CC(=C)N1C[C@@H](c2cc(Cl)nc(-c3cc(C(=O)NC)ncn3)c2)N(S(C)(=O)=O)C[C@@H]1CO. The van der Waals surface area contributed by atoms with E-state index in [1.807, 2.05) is 4.90 Å². The summed E-state index contributed by atoms with van der Waals surface area (Å²) in [5.74, 6) is -0.384. The minimum absolute atomic E-state index is 0.0520. The van der Waals surface area contributed by atoms with Gasteiger partial charge in [0.2, 0.25) is 10.0 Å². The fraction of sp³-hybridized carbons (Fsp3) is 0.333. The lowest BCUT2D eigenvalue weighted by Gasteiger charge is -2.46. The van der Waals surface area contributed by atoms with Gasteiger partial charge in [0.25, 0.3) is 5.91 Å². The first-order chi connectivity index (χ1) is 15.6. The number of hydrogen-bond acceptors (Lipinski definition) is 8. The van der Waals surface area contributed by atoms with Crippen LogP contribution in [0.25, 0.3) is 11.4 Å². The summed E-state index contributed by atoms with van der Waals surface area (Å²) < 4.78 is 26.6. The highest BCUT2D eigenvalue weighted by Crippen LogP contribution is 2.34. The molecule has 2 aromatic heterocycles. The second kappa shape index (κ2) is 9.96. The third-order valence-electron chi connectivity index (χ3n) is 5.38. The zero-order chi connectivity index (χ0) is 24.3. The number of aliphatic hydroxyl groups excluding tert-OH is 1. The average molecular weight is 493 g/mol. The maximum atomic E-state index is 12.6. The molecular formula is C21H25ClN6O4S. The van der Waals surface area contributed by atoms with Crippen molar-refractivity contribution in [3.05, 3.63) is 65.9 Å². The number of amides is 1. The van der Waals surface area contributed by atoms with Crippen molar-refractivity contribution in [1.82, 2.24) is 29.5 Å². The van der Waals surface area contributed by atoms with Crippen molar-refractivity contribution < 1.29 is 18.3 Å². The van der Waals surface area contributed by atoms with Crippen molar-refractivity contribution in [3.8, 4) is 11.4 Å². The van der Waals surface area contributed by atoms with Gasteiger partial charge in [0.15, 0.2) is 0 Å². The molecule has 1 aliphatic rings. The van der Waals surface area contributed by atoms with E-state index in [9.17, 15) is 18.3 Å². The molecule has 2 N–H and O–H groups in total. The van der Waals surface area contributed by atoms with Crippen LogP contribution in [0.15, 0.2) is 49.5 Å². The summed E-state index contributed by atoms with van der Waals surface area (Å²) in [4.78, 5) is 26.2. The number of hydrogen-bond donors (Lipinski definition) is 2. The van der Waals surface area contributed by atoms with Gasteiger partial charge in [-0.05, 0) is 29.8 Å². The minimum Gasteiger partial charge on any atom is -0.394 e. The summed E-state index contributed by atoms with van der Waals surface area (Å²) >= 11 is 6.30. The molecule has 12 heteroatoms. The zero-order valence-electron chi connectivity index (χ0n) is 18.3. The zero-order valence-corrected chi connectivity index (χ0v) is 19.8. The average Bonchev–Trinajstić information content (AvgIpc) is 2.81. The van der Waals surface area contributed by atoms with Gasteiger partial charge in [0, 0.05) is 25.8 Å². The molecule has 176 valence electrons. The normalized spacial score (nSPS) is 19.2. The number of allylic oxidation sites excluding steroid dienone is 1. The Morgan fingerprint density at radius 2 is 2.03 bits per heavy atom. The molecule has 1 fully saturated rings. The first kappa shape index (κ1) is 24.8. The van der Waals surface area contributed by atoms with E-state index in [1.165, 1.54) is 23.7 Å². The summed E-state index contributed by atoms with van der Waals surface area (Å²) in [5, 5.41) is 12.5. The van der Waals surface area contributed by atoms with Crippen LogP contribution in [0.1, 0.15) is 22.1 Å². The molecule has 10 nitrogen and oxygen atoms in total.